The molecule has 0 radical (unpaired) electrons. The highest BCUT2D eigenvalue weighted by Crippen LogP contribution is 2.36. The van der Waals surface area contributed by atoms with Crippen LogP contribution in [0, 0.1) is 6.92 Å². The minimum Gasteiger partial charge on any atom is -0.493 e. The first-order chi connectivity index (χ1) is 14.0. The van der Waals surface area contributed by atoms with Crippen LogP contribution in [0.25, 0.3) is 0 Å². The first-order valence-electron chi connectivity index (χ1n) is 9.41. The molecule has 0 aliphatic carbocycles. The second kappa shape index (κ2) is 12.4. The predicted molar refractivity (Wildman–Crippen MR) is 118 cm³/mol. The quantitative estimate of drug-likeness (QED) is 0.360. The van der Waals surface area contributed by atoms with E-state index in [1.165, 1.54) is 0 Å². The Labute approximate surface area is 179 Å². The van der Waals surface area contributed by atoms with Gasteiger partial charge in [0.2, 0.25) is 0 Å². The fourth-order valence-electron chi connectivity index (χ4n) is 2.60. The van der Waals surface area contributed by atoms with E-state index >= 15 is 0 Å². The van der Waals surface area contributed by atoms with Crippen molar-refractivity contribution in [2.45, 2.75) is 13.5 Å². The van der Waals surface area contributed by atoms with Crippen LogP contribution in [0.2, 0.25) is 0 Å². The molecule has 8 heteroatoms. The molecule has 0 aliphatic heterocycles. The molecule has 0 saturated carbocycles. The summed E-state index contributed by atoms with van der Waals surface area (Å²) in [6, 6.07) is 11.4. The van der Waals surface area contributed by atoms with E-state index < -0.39 is 0 Å². The second-order valence-electron chi connectivity index (χ2n) is 6.46. The van der Waals surface area contributed by atoms with E-state index in [-0.39, 0.29) is 19.1 Å². The molecule has 2 rings (SSSR count). The van der Waals surface area contributed by atoms with Gasteiger partial charge in [-0.15, -0.1) is 0 Å². The van der Waals surface area contributed by atoms with Gasteiger partial charge in [-0.1, -0.05) is 17.7 Å². The van der Waals surface area contributed by atoms with Crippen LogP contribution in [0.1, 0.15) is 11.1 Å². The summed E-state index contributed by atoms with van der Waals surface area (Å²) in [6.07, 6.45) is 0. The first kappa shape index (κ1) is 23.2. The van der Waals surface area contributed by atoms with Gasteiger partial charge in [0.05, 0.1) is 18.2 Å². The molecule has 0 heterocycles. The predicted octanol–water partition coefficient (Wildman–Crippen LogP) is 2.46. The normalized spacial score (nSPS) is 10.6. The lowest BCUT2D eigenvalue weighted by molar-refractivity contribution is -0.118. The smallest absolute Gasteiger partial charge is 0.262 e. The van der Waals surface area contributed by atoms with Crippen LogP contribution in [-0.4, -0.2) is 51.0 Å². The van der Waals surface area contributed by atoms with Crippen molar-refractivity contribution in [3.8, 4) is 11.5 Å². The highest BCUT2D eigenvalue weighted by Gasteiger charge is 2.14. The first-order valence-corrected chi connectivity index (χ1v) is 10.2. The van der Waals surface area contributed by atoms with Gasteiger partial charge >= 0.3 is 0 Å². The number of hydrogen-bond acceptors (Lipinski definition) is 6. The van der Waals surface area contributed by atoms with E-state index in [4.69, 9.17) is 14.6 Å². The number of nitrogens with one attached hydrogen (secondary N) is 3. The summed E-state index contributed by atoms with van der Waals surface area (Å²) in [5, 5.41) is 18.0. The zero-order chi connectivity index (χ0) is 21.1. The Morgan fingerprint density at radius 3 is 2.52 bits per heavy atom. The molecule has 2 aromatic carbocycles. The molecule has 0 spiro atoms. The zero-order valence-electron chi connectivity index (χ0n) is 16.8. The van der Waals surface area contributed by atoms with E-state index in [0.717, 1.165) is 34.4 Å². The molecule has 0 atom stereocenters. The van der Waals surface area contributed by atoms with Crippen LogP contribution in [0.4, 0.5) is 5.69 Å². The molecule has 0 aliphatic rings. The van der Waals surface area contributed by atoms with Crippen molar-refractivity contribution in [2.24, 2.45) is 0 Å². The third kappa shape index (κ3) is 8.02. The molecular weight excluding hydrogens is 438 g/mol. The number of anilines is 1. The lowest BCUT2D eigenvalue weighted by Crippen LogP contribution is -2.28. The molecule has 0 fully saturated rings. The Bertz CT molecular complexity index is 784. The molecule has 0 aromatic heterocycles. The molecule has 0 unspecified atom stereocenters. The number of benzene rings is 2. The van der Waals surface area contributed by atoms with Gasteiger partial charge in [-0.25, -0.2) is 0 Å². The summed E-state index contributed by atoms with van der Waals surface area (Å²) in [6.45, 7) is 4.79. The number of aryl methyl sites for hydroxylation is 1. The Hall–Kier alpha value is -2.13. The Kier molecular flexibility index (Phi) is 9.93. The maximum atomic E-state index is 12.2. The number of methoxy groups -OCH3 is 1. The lowest BCUT2D eigenvalue weighted by atomic mass is 10.2. The summed E-state index contributed by atoms with van der Waals surface area (Å²) in [5.74, 6) is 0.793. The number of ether oxygens (including phenoxy) is 2. The van der Waals surface area contributed by atoms with Gasteiger partial charge in [0, 0.05) is 31.9 Å². The molecule has 0 saturated heterocycles. The maximum absolute atomic E-state index is 12.2. The lowest BCUT2D eigenvalue weighted by Gasteiger charge is -2.15. The van der Waals surface area contributed by atoms with Crippen molar-refractivity contribution in [1.82, 2.24) is 10.6 Å². The summed E-state index contributed by atoms with van der Waals surface area (Å²) in [7, 11) is 1.57. The van der Waals surface area contributed by atoms with Gasteiger partial charge in [-0.05, 0) is 52.7 Å². The molecule has 29 heavy (non-hydrogen) atoms. The monoisotopic (exact) mass is 465 g/mol. The van der Waals surface area contributed by atoms with Crippen LogP contribution < -0.4 is 25.4 Å². The number of rotatable bonds is 12. The topological polar surface area (TPSA) is 91.8 Å². The van der Waals surface area contributed by atoms with Crippen molar-refractivity contribution in [2.75, 3.05) is 45.3 Å². The number of hydrogen-bond donors (Lipinski definition) is 4. The Morgan fingerprint density at radius 2 is 1.83 bits per heavy atom. The van der Waals surface area contributed by atoms with Gasteiger partial charge < -0.3 is 30.5 Å². The largest absolute Gasteiger partial charge is 0.493 e. The van der Waals surface area contributed by atoms with Crippen molar-refractivity contribution < 1.29 is 19.4 Å². The minimum atomic E-state index is -0.246. The molecular formula is C21H28BrN3O4. The van der Waals surface area contributed by atoms with Gasteiger partial charge in [0.25, 0.3) is 5.91 Å². The minimum absolute atomic E-state index is 0.128. The fourth-order valence-corrected chi connectivity index (χ4v) is 3.20. The number of amides is 1. The average Bonchev–Trinajstić information content (AvgIpc) is 2.71. The zero-order valence-corrected chi connectivity index (χ0v) is 18.3. The third-order valence-electron chi connectivity index (χ3n) is 4.07. The molecule has 4 N–H and O–H groups in total. The third-order valence-corrected chi connectivity index (χ3v) is 4.66. The average molecular weight is 466 g/mol. The van der Waals surface area contributed by atoms with Gasteiger partial charge in [-0.3, -0.25) is 4.79 Å². The van der Waals surface area contributed by atoms with Crippen LogP contribution >= 0.6 is 15.9 Å². The molecule has 2 aromatic rings. The van der Waals surface area contributed by atoms with E-state index in [1.54, 1.807) is 7.11 Å². The van der Waals surface area contributed by atoms with Crippen LogP contribution in [-0.2, 0) is 11.3 Å². The van der Waals surface area contributed by atoms with Crippen LogP contribution in [0.15, 0.2) is 40.9 Å². The molecule has 1 amide bonds. The van der Waals surface area contributed by atoms with Crippen LogP contribution in [0.5, 0.6) is 11.5 Å². The Balaban J connectivity index is 1.89. The van der Waals surface area contributed by atoms with Crippen LogP contribution in [0.3, 0.4) is 0 Å². The van der Waals surface area contributed by atoms with Gasteiger partial charge in [0.15, 0.2) is 18.1 Å². The highest BCUT2D eigenvalue weighted by atomic mass is 79.9. The number of carbonyl (C=O) groups is 1. The maximum Gasteiger partial charge on any atom is 0.262 e. The SMILES string of the molecule is COc1cc(CNCCNCCO)cc(Br)c1OCC(=O)Nc1ccc(C)cc1. The standard InChI is InChI=1S/C21H28BrN3O4/c1-15-3-5-17(6-4-15)25-20(27)14-29-21-18(22)11-16(12-19(21)28-2)13-24-8-7-23-9-10-26/h3-6,11-12,23-24,26H,7-10,13-14H2,1-2H3,(H,25,27). The van der Waals surface area contributed by atoms with Crippen molar-refractivity contribution >= 4 is 27.5 Å². The van der Waals surface area contributed by atoms with E-state index in [9.17, 15) is 4.79 Å². The number of carbonyl (C=O) groups excluding carboxylic acids is 1. The fraction of sp³-hybridized carbons (Fsp3) is 0.381. The highest BCUT2D eigenvalue weighted by molar-refractivity contribution is 9.10. The van der Waals surface area contributed by atoms with Gasteiger partial charge in [0.1, 0.15) is 0 Å². The van der Waals surface area contributed by atoms with E-state index in [2.05, 4.69) is 31.9 Å². The summed E-state index contributed by atoms with van der Waals surface area (Å²) in [5.41, 5.74) is 2.88. The summed E-state index contributed by atoms with van der Waals surface area (Å²) >= 11 is 3.50. The number of aliphatic hydroxyl groups is 1. The Morgan fingerprint density at radius 1 is 1.10 bits per heavy atom. The number of halogens is 1. The van der Waals surface area contributed by atoms with E-state index in [1.807, 2.05) is 43.3 Å². The second-order valence-corrected chi connectivity index (χ2v) is 7.32. The van der Waals surface area contributed by atoms with E-state index in [0.29, 0.717) is 24.6 Å². The molecule has 158 valence electrons. The van der Waals surface area contributed by atoms with Crippen molar-refractivity contribution in [3.05, 3.63) is 52.0 Å². The number of aliphatic hydroxyl groups excluding tert-OH is 1. The summed E-state index contributed by atoms with van der Waals surface area (Å²) < 4.78 is 11.9. The summed E-state index contributed by atoms with van der Waals surface area (Å²) in [4.78, 5) is 12.2. The van der Waals surface area contributed by atoms with Gasteiger partial charge in [-0.2, -0.15) is 0 Å². The van der Waals surface area contributed by atoms with Crippen molar-refractivity contribution in [1.29, 1.82) is 0 Å². The molecule has 0 bridgehead atoms. The van der Waals surface area contributed by atoms with Crippen molar-refractivity contribution in [3.63, 3.8) is 0 Å². The molecule has 7 nitrogen and oxygen atoms in total.